The number of hydrogen-bond acceptors (Lipinski definition) is 4. The topological polar surface area (TPSA) is 86.5 Å². The van der Waals surface area contributed by atoms with Crippen LogP contribution in [0.5, 0.6) is 0 Å². The Morgan fingerprint density at radius 2 is 1.86 bits per heavy atom. The number of carbonyl (C=O) groups is 1. The Balaban J connectivity index is 3.77. The van der Waals surface area contributed by atoms with Gasteiger partial charge in [0, 0.05) is 8.07 Å². The minimum Gasteiger partial charge on any atom is -0.465 e. The van der Waals surface area contributed by atoms with Gasteiger partial charge in [0.1, 0.15) is 0 Å². The lowest BCUT2D eigenvalue weighted by Crippen LogP contribution is -2.27. The predicted molar refractivity (Wildman–Crippen MR) is 57.1 cm³/mol. The molecule has 0 atom stereocenters. The third-order valence-electron chi connectivity index (χ3n) is 1.43. The maximum atomic E-state index is 10.9. The fraction of sp³-hybridized carbons (Fsp3) is 0.857. The molecule has 5 nitrogen and oxygen atoms in total. The monoisotopic (exact) mass is 239 g/mol. The standard InChI is InChI=1S/C7H17NO4SSi/c1-14(2,3)5-4-12-7(9)6-13(8,10)11/h4-6H2,1-3H3,(H2,8,10,11). The van der Waals surface area contributed by atoms with Crippen LogP contribution in [0.15, 0.2) is 0 Å². The third-order valence-corrected chi connectivity index (χ3v) is 3.78. The first kappa shape index (κ1) is 13.6. The largest absolute Gasteiger partial charge is 0.465 e. The molecule has 0 aromatic rings. The van der Waals surface area contributed by atoms with E-state index in [1.54, 1.807) is 0 Å². The van der Waals surface area contributed by atoms with Gasteiger partial charge in [0.2, 0.25) is 10.0 Å². The zero-order valence-corrected chi connectivity index (χ0v) is 10.6. The average molecular weight is 239 g/mol. The van der Waals surface area contributed by atoms with Crippen LogP contribution < -0.4 is 5.14 Å². The molecule has 0 amide bonds. The Bertz CT molecular complexity index is 293. The van der Waals surface area contributed by atoms with Crippen LogP contribution in [0.1, 0.15) is 0 Å². The summed E-state index contributed by atoms with van der Waals surface area (Å²) in [6, 6.07) is 0.823. The van der Waals surface area contributed by atoms with Crippen molar-refractivity contribution in [1.82, 2.24) is 0 Å². The summed E-state index contributed by atoms with van der Waals surface area (Å²) >= 11 is 0. The van der Waals surface area contributed by atoms with Crippen LogP contribution in [-0.2, 0) is 19.6 Å². The van der Waals surface area contributed by atoms with Crippen LogP contribution in [0.4, 0.5) is 0 Å². The van der Waals surface area contributed by atoms with Crippen LogP contribution in [0.2, 0.25) is 25.7 Å². The van der Waals surface area contributed by atoms with Crippen molar-refractivity contribution in [2.75, 3.05) is 12.4 Å². The Morgan fingerprint density at radius 1 is 1.36 bits per heavy atom. The quantitative estimate of drug-likeness (QED) is 0.547. The molecule has 0 heterocycles. The number of esters is 1. The molecule has 0 saturated carbocycles. The summed E-state index contributed by atoms with van der Waals surface area (Å²) in [4.78, 5) is 10.9. The van der Waals surface area contributed by atoms with Crippen molar-refractivity contribution < 1.29 is 17.9 Å². The zero-order chi connectivity index (χ0) is 11.4. The smallest absolute Gasteiger partial charge is 0.322 e. The van der Waals surface area contributed by atoms with E-state index < -0.39 is 29.8 Å². The normalized spacial score (nSPS) is 12.6. The molecule has 0 bridgehead atoms. The molecular weight excluding hydrogens is 222 g/mol. The van der Waals surface area contributed by atoms with Crippen molar-refractivity contribution in [2.24, 2.45) is 5.14 Å². The molecule has 84 valence electrons. The van der Waals surface area contributed by atoms with E-state index in [0.717, 1.165) is 6.04 Å². The maximum Gasteiger partial charge on any atom is 0.322 e. The molecule has 0 spiro atoms. The summed E-state index contributed by atoms with van der Waals surface area (Å²) in [7, 11) is -4.99. The summed E-state index contributed by atoms with van der Waals surface area (Å²) in [5.74, 6) is -1.51. The van der Waals surface area contributed by atoms with Gasteiger partial charge in [-0.15, -0.1) is 0 Å². The minimum absolute atomic E-state index is 0.282. The molecule has 0 aliphatic carbocycles. The second-order valence-electron chi connectivity index (χ2n) is 4.34. The first-order chi connectivity index (χ1) is 6.10. The molecule has 0 aliphatic heterocycles. The molecule has 0 aromatic heterocycles. The molecule has 0 aliphatic rings. The Kier molecular flexibility index (Phi) is 4.76. The van der Waals surface area contributed by atoms with Gasteiger partial charge in [-0.05, 0) is 6.04 Å². The molecule has 0 unspecified atom stereocenters. The highest BCUT2D eigenvalue weighted by Gasteiger charge is 2.16. The van der Waals surface area contributed by atoms with E-state index >= 15 is 0 Å². The van der Waals surface area contributed by atoms with Gasteiger partial charge in [-0.25, -0.2) is 13.6 Å². The SMILES string of the molecule is C[Si](C)(C)CCOC(=O)CS(N)(=O)=O. The van der Waals surface area contributed by atoms with Crippen LogP contribution in [0.25, 0.3) is 0 Å². The van der Waals surface area contributed by atoms with E-state index in [2.05, 4.69) is 24.8 Å². The predicted octanol–water partition coefficient (Wildman–Crippen LogP) is 0.156. The summed E-state index contributed by atoms with van der Waals surface area (Å²) in [6.45, 7) is 6.70. The van der Waals surface area contributed by atoms with Crippen molar-refractivity contribution in [2.45, 2.75) is 25.7 Å². The highest BCUT2D eigenvalue weighted by Crippen LogP contribution is 2.07. The van der Waals surface area contributed by atoms with E-state index in [-0.39, 0.29) is 6.61 Å². The van der Waals surface area contributed by atoms with Crippen molar-refractivity contribution in [1.29, 1.82) is 0 Å². The van der Waals surface area contributed by atoms with Gasteiger partial charge in [-0.3, -0.25) is 4.79 Å². The number of rotatable bonds is 5. The van der Waals surface area contributed by atoms with E-state index in [1.807, 2.05) is 0 Å². The molecular formula is C7H17NO4SSi. The number of sulfonamides is 1. The van der Waals surface area contributed by atoms with Gasteiger partial charge in [-0.2, -0.15) is 0 Å². The van der Waals surface area contributed by atoms with Crippen molar-refractivity contribution in [3.8, 4) is 0 Å². The Labute approximate surface area is 85.7 Å². The van der Waals surface area contributed by atoms with Crippen LogP contribution in [0.3, 0.4) is 0 Å². The second-order valence-corrected chi connectivity index (χ2v) is 11.6. The highest BCUT2D eigenvalue weighted by molar-refractivity contribution is 7.89. The average Bonchev–Trinajstić information content (AvgIpc) is 1.78. The molecule has 0 rings (SSSR count). The van der Waals surface area contributed by atoms with Crippen molar-refractivity contribution >= 4 is 24.1 Å². The van der Waals surface area contributed by atoms with E-state index in [9.17, 15) is 13.2 Å². The number of ether oxygens (including phenoxy) is 1. The van der Waals surface area contributed by atoms with Crippen LogP contribution >= 0.6 is 0 Å². The zero-order valence-electron chi connectivity index (χ0n) is 8.74. The van der Waals surface area contributed by atoms with Gasteiger partial charge in [0.15, 0.2) is 5.75 Å². The lowest BCUT2D eigenvalue weighted by atomic mass is 10.7. The van der Waals surface area contributed by atoms with Crippen LogP contribution in [0, 0.1) is 0 Å². The fourth-order valence-corrected chi connectivity index (χ4v) is 1.80. The first-order valence-electron chi connectivity index (χ1n) is 4.26. The lowest BCUT2D eigenvalue weighted by molar-refractivity contribution is -0.139. The highest BCUT2D eigenvalue weighted by atomic mass is 32.2. The van der Waals surface area contributed by atoms with Gasteiger partial charge >= 0.3 is 5.97 Å². The fourth-order valence-electron chi connectivity index (χ4n) is 0.677. The summed E-state index contributed by atoms with van der Waals surface area (Å²) in [5.41, 5.74) is 0. The number of nitrogens with two attached hydrogens (primary N) is 1. The lowest BCUT2D eigenvalue weighted by Gasteiger charge is -2.14. The molecule has 0 aromatic carbocycles. The molecule has 14 heavy (non-hydrogen) atoms. The maximum absolute atomic E-state index is 10.9. The number of hydrogen-bond donors (Lipinski definition) is 1. The minimum atomic E-state index is -3.75. The molecule has 0 radical (unpaired) electrons. The van der Waals surface area contributed by atoms with E-state index in [1.165, 1.54) is 0 Å². The third kappa shape index (κ3) is 9.68. The van der Waals surface area contributed by atoms with Crippen molar-refractivity contribution in [3.05, 3.63) is 0 Å². The van der Waals surface area contributed by atoms with Gasteiger partial charge < -0.3 is 4.74 Å². The van der Waals surface area contributed by atoms with Gasteiger partial charge in [0.05, 0.1) is 6.61 Å². The Morgan fingerprint density at radius 3 is 2.21 bits per heavy atom. The molecule has 2 N–H and O–H groups in total. The second kappa shape index (κ2) is 4.90. The van der Waals surface area contributed by atoms with Crippen molar-refractivity contribution in [3.63, 3.8) is 0 Å². The summed E-state index contributed by atoms with van der Waals surface area (Å²) in [6.07, 6.45) is 0. The molecule has 7 heteroatoms. The van der Waals surface area contributed by atoms with E-state index in [0.29, 0.717) is 0 Å². The summed E-state index contributed by atoms with van der Waals surface area (Å²) in [5, 5.41) is 4.67. The first-order valence-corrected chi connectivity index (χ1v) is 9.68. The van der Waals surface area contributed by atoms with Gasteiger partial charge in [0.25, 0.3) is 0 Å². The Hall–Kier alpha value is -0.403. The summed E-state index contributed by atoms with van der Waals surface area (Å²) < 4.78 is 25.7. The number of primary sulfonamides is 1. The van der Waals surface area contributed by atoms with Gasteiger partial charge in [-0.1, -0.05) is 19.6 Å². The number of carbonyl (C=O) groups excluding carboxylic acids is 1. The molecule has 0 fully saturated rings. The van der Waals surface area contributed by atoms with Crippen LogP contribution in [-0.4, -0.2) is 34.8 Å². The molecule has 0 saturated heterocycles. The van der Waals surface area contributed by atoms with E-state index in [4.69, 9.17) is 4.74 Å².